The van der Waals surface area contributed by atoms with Crippen molar-refractivity contribution >= 4 is 11.6 Å². The standard InChI is InChI=1S/C19H30N2O3/c1-3-23-12-13-24-18-11-7-8-16(14-18)20-15-19(22)21(2)17-9-5-4-6-10-17/h7-8,11,14,17,20H,3-6,9-10,12-13,15H2,1-2H3. The lowest BCUT2D eigenvalue weighted by Gasteiger charge is -2.31. The monoisotopic (exact) mass is 334 g/mol. The van der Waals surface area contributed by atoms with Crippen LogP contribution in [0, 0.1) is 0 Å². The Hall–Kier alpha value is -1.75. The Morgan fingerprint density at radius 2 is 2.04 bits per heavy atom. The summed E-state index contributed by atoms with van der Waals surface area (Å²) < 4.78 is 10.9. The number of benzene rings is 1. The van der Waals surface area contributed by atoms with Crippen LogP contribution < -0.4 is 10.1 Å². The van der Waals surface area contributed by atoms with Crippen molar-refractivity contribution in [2.75, 3.05) is 38.7 Å². The van der Waals surface area contributed by atoms with Crippen LogP contribution in [0.5, 0.6) is 5.75 Å². The molecule has 134 valence electrons. The number of anilines is 1. The second kappa shape index (κ2) is 10.2. The van der Waals surface area contributed by atoms with Crippen molar-refractivity contribution in [1.82, 2.24) is 4.90 Å². The highest BCUT2D eigenvalue weighted by atomic mass is 16.5. The van der Waals surface area contributed by atoms with Crippen LogP contribution in [-0.2, 0) is 9.53 Å². The van der Waals surface area contributed by atoms with Crippen molar-refractivity contribution in [1.29, 1.82) is 0 Å². The summed E-state index contributed by atoms with van der Waals surface area (Å²) in [6.07, 6.45) is 6.03. The second-order valence-electron chi connectivity index (χ2n) is 6.22. The van der Waals surface area contributed by atoms with Gasteiger partial charge in [-0.1, -0.05) is 25.3 Å². The number of rotatable bonds is 9. The van der Waals surface area contributed by atoms with Crippen LogP contribution in [0.4, 0.5) is 5.69 Å². The molecule has 1 fully saturated rings. The van der Waals surface area contributed by atoms with Crippen LogP contribution in [0.3, 0.4) is 0 Å². The normalized spacial score (nSPS) is 15.1. The number of ether oxygens (including phenoxy) is 2. The minimum absolute atomic E-state index is 0.143. The first-order valence-corrected chi connectivity index (χ1v) is 9.01. The van der Waals surface area contributed by atoms with Crippen molar-refractivity contribution in [3.8, 4) is 5.75 Å². The van der Waals surface area contributed by atoms with Gasteiger partial charge < -0.3 is 19.7 Å². The number of hydrogen-bond donors (Lipinski definition) is 1. The second-order valence-corrected chi connectivity index (χ2v) is 6.22. The molecule has 0 saturated heterocycles. The number of hydrogen-bond acceptors (Lipinski definition) is 4. The molecule has 0 heterocycles. The number of carbonyl (C=O) groups excluding carboxylic acids is 1. The number of likely N-dealkylation sites (N-methyl/N-ethyl adjacent to an activating group) is 1. The molecule has 0 spiro atoms. The van der Waals surface area contributed by atoms with E-state index in [1.165, 1.54) is 19.3 Å². The molecule has 24 heavy (non-hydrogen) atoms. The van der Waals surface area contributed by atoms with Crippen LogP contribution >= 0.6 is 0 Å². The largest absolute Gasteiger partial charge is 0.491 e. The molecule has 1 aromatic rings. The maximum absolute atomic E-state index is 12.4. The van der Waals surface area contributed by atoms with E-state index in [0.717, 1.165) is 24.3 Å². The molecule has 0 radical (unpaired) electrons. The Kier molecular flexibility index (Phi) is 7.89. The van der Waals surface area contributed by atoms with E-state index in [4.69, 9.17) is 9.47 Å². The number of amides is 1. The van der Waals surface area contributed by atoms with Crippen LogP contribution in [0.25, 0.3) is 0 Å². The molecule has 5 heteroatoms. The van der Waals surface area contributed by atoms with Crippen molar-refractivity contribution in [3.05, 3.63) is 24.3 Å². The van der Waals surface area contributed by atoms with E-state index in [1.54, 1.807) is 0 Å². The quantitative estimate of drug-likeness (QED) is 0.704. The molecule has 1 aliphatic rings. The van der Waals surface area contributed by atoms with Crippen molar-refractivity contribution in [2.45, 2.75) is 45.1 Å². The smallest absolute Gasteiger partial charge is 0.241 e. The zero-order valence-electron chi connectivity index (χ0n) is 14.9. The van der Waals surface area contributed by atoms with Gasteiger partial charge >= 0.3 is 0 Å². The zero-order valence-corrected chi connectivity index (χ0v) is 14.9. The summed E-state index contributed by atoms with van der Waals surface area (Å²) in [6.45, 7) is 4.09. The molecule has 0 unspecified atom stereocenters. The van der Waals surface area contributed by atoms with Crippen LogP contribution in [0.2, 0.25) is 0 Å². The van der Waals surface area contributed by atoms with E-state index in [9.17, 15) is 4.79 Å². The van der Waals surface area contributed by atoms with E-state index in [-0.39, 0.29) is 5.91 Å². The van der Waals surface area contributed by atoms with Gasteiger partial charge in [0.05, 0.1) is 13.2 Å². The third-order valence-electron chi connectivity index (χ3n) is 4.49. The summed E-state index contributed by atoms with van der Waals surface area (Å²) >= 11 is 0. The van der Waals surface area contributed by atoms with Gasteiger partial charge in [-0.2, -0.15) is 0 Å². The number of nitrogens with one attached hydrogen (secondary N) is 1. The first-order chi connectivity index (χ1) is 11.7. The molecular formula is C19H30N2O3. The van der Waals surface area contributed by atoms with Crippen LogP contribution in [0.1, 0.15) is 39.0 Å². The number of nitrogens with zero attached hydrogens (tertiary/aromatic N) is 1. The third-order valence-corrected chi connectivity index (χ3v) is 4.49. The molecule has 0 bridgehead atoms. The highest BCUT2D eigenvalue weighted by Crippen LogP contribution is 2.22. The van der Waals surface area contributed by atoms with Crippen LogP contribution in [-0.4, -0.2) is 50.3 Å². The average molecular weight is 334 g/mol. The summed E-state index contributed by atoms with van der Waals surface area (Å²) in [6, 6.07) is 8.10. The maximum Gasteiger partial charge on any atom is 0.241 e. The van der Waals surface area contributed by atoms with E-state index in [0.29, 0.717) is 32.4 Å². The lowest BCUT2D eigenvalue weighted by atomic mass is 9.94. The third kappa shape index (κ3) is 6.04. The summed E-state index contributed by atoms with van der Waals surface area (Å²) in [5, 5.41) is 3.20. The van der Waals surface area contributed by atoms with Gasteiger partial charge in [0.2, 0.25) is 5.91 Å². The van der Waals surface area contributed by atoms with Crippen LogP contribution in [0.15, 0.2) is 24.3 Å². The Morgan fingerprint density at radius 3 is 2.79 bits per heavy atom. The first kappa shape index (κ1) is 18.6. The lowest BCUT2D eigenvalue weighted by Crippen LogP contribution is -2.41. The fraction of sp³-hybridized carbons (Fsp3) is 0.632. The summed E-state index contributed by atoms with van der Waals surface area (Å²) in [7, 11) is 1.92. The molecule has 2 rings (SSSR count). The SMILES string of the molecule is CCOCCOc1cccc(NCC(=O)N(C)C2CCCCC2)c1. The predicted molar refractivity (Wildman–Crippen MR) is 96.6 cm³/mol. The van der Waals surface area contributed by atoms with Crippen molar-refractivity contribution < 1.29 is 14.3 Å². The highest BCUT2D eigenvalue weighted by Gasteiger charge is 2.21. The van der Waals surface area contributed by atoms with Gasteiger partial charge in [-0.15, -0.1) is 0 Å². The summed E-state index contributed by atoms with van der Waals surface area (Å²) in [5.74, 6) is 0.928. The Bertz CT molecular complexity index is 501. The topological polar surface area (TPSA) is 50.8 Å². The van der Waals surface area contributed by atoms with E-state index in [1.807, 2.05) is 43.1 Å². The zero-order chi connectivity index (χ0) is 17.2. The molecule has 0 aromatic heterocycles. The Balaban J connectivity index is 1.77. The summed E-state index contributed by atoms with van der Waals surface area (Å²) in [4.78, 5) is 14.3. The fourth-order valence-corrected chi connectivity index (χ4v) is 3.03. The Morgan fingerprint density at radius 1 is 1.25 bits per heavy atom. The fourth-order valence-electron chi connectivity index (χ4n) is 3.03. The molecule has 1 aliphatic carbocycles. The molecular weight excluding hydrogens is 304 g/mol. The van der Waals surface area contributed by atoms with Gasteiger partial charge in [0.15, 0.2) is 0 Å². The summed E-state index contributed by atoms with van der Waals surface area (Å²) in [5.41, 5.74) is 0.898. The molecule has 0 aliphatic heterocycles. The molecule has 1 aromatic carbocycles. The predicted octanol–water partition coefficient (Wildman–Crippen LogP) is 3.30. The molecule has 0 atom stereocenters. The number of carbonyl (C=O) groups is 1. The highest BCUT2D eigenvalue weighted by molar-refractivity contribution is 5.81. The molecule has 1 N–H and O–H groups in total. The van der Waals surface area contributed by atoms with Gasteiger partial charge in [-0.05, 0) is 31.9 Å². The van der Waals surface area contributed by atoms with E-state index < -0.39 is 0 Å². The Labute approximate surface area is 145 Å². The maximum atomic E-state index is 12.4. The van der Waals surface area contributed by atoms with Crippen molar-refractivity contribution in [3.63, 3.8) is 0 Å². The van der Waals surface area contributed by atoms with Gasteiger partial charge in [-0.3, -0.25) is 4.79 Å². The minimum Gasteiger partial charge on any atom is -0.491 e. The molecule has 1 amide bonds. The molecule has 1 saturated carbocycles. The molecule has 5 nitrogen and oxygen atoms in total. The first-order valence-electron chi connectivity index (χ1n) is 9.01. The van der Waals surface area contributed by atoms with Crippen molar-refractivity contribution in [2.24, 2.45) is 0 Å². The lowest BCUT2D eigenvalue weighted by molar-refractivity contribution is -0.130. The van der Waals surface area contributed by atoms with Gasteiger partial charge in [0.1, 0.15) is 12.4 Å². The van der Waals surface area contributed by atoms with E-state index in [2.05, 4.69) is 5.32 Å². The van der Waals surface area contributed by atoms with Gasteiger partial charge in [0, 0.05) is 31.5 Å². The minimum atomic E-state index is 0.143. The van der Waals surface area contributed by atoms with Gasteiger partial charge in [-0.25, -0.2) is 0 Å². The average Bonchev–Trinajstić information content (AvgIpc) is 2.64. The van der Waals surface area contributed by atoms with Gasteiger partial charge in [0.25, 0.3) is 0 Å². The van der Waals surface area contributed by atoms with E-state index >= 15 is 0 Å².